The van der Waals surface area contributed by atoms with Gasteiger partial charge in [-0.2, -0.15) is 16.4 Å². The average molecular weight is 561 g/mol. The van der Waals surface area contributed by atoms with Crippen LogP contribution >= 0.6 is 23.1 Å². The molecular formula is C30H32N4O3S2. The number of hydrogen-bond acceptors (Lipinski definition) is 6. The molecule has 39 heavy (non-hydrogen) atoms. The van der Waals surface area contributed by atoms with E-state index in [0.717, 1.165) is 53.1 Å². The number of anilines is 1. The van der Waals surface area contributed by atoms with E-state index >= 15 is 0 Å². The highest BCUT2D eigenvalue weighted by molar-refractivity contribution is 8.00. The van der Waals surface area contributed by atoms with Crippen LogP contribution in [0.2, 0.25) is 0 Å². The number of hydrogen-bond donors (Lipinski definition) is 1. The van der Waals surface area contributed by atoms with Crippen molar-refractivity contribution in [3.8, 4) is 22.7 Å². The molecule has 0 aliphatic carbocycles. The molecule has 4 aromatic rings. The van der Waals surface area contributed by atoms with E-state index in [-0.39, 0.29) is 29.4 Å². The van der Waals surface area contributed by atoms with Crippen LogP contribution in [0.3, 0.4) is 0 Å². The maximum atomic E-state index is 13.7. The van der Waals surface area contributed by atoms with Crippen molar-refractivity contribution in [2.24, 2.45) is 0 Å². The van der Waals surface area contributed by atoms with Crippen LogP contribution in [0.5, 0.6) is 5.75 Å². The number of aromatic nitrogens is 2. The minimum absolute atomic E-state index is 0.0645. The molecule has 9 heteroatoms. The maximum Gasteiger partial charge on any atom is 0.240 e. The molecule has 1 unspecified atom stereocenters. The lowest BCUT2D eigenvalue weighted by molar-refractivity contribution is -0.122. The van der Waals surface area contributed by atoms with Gasteiger partial charge in [-0.3, -0.25) is 14.5 Å². The Hall–Kier alpha value is -3.56. The number of thiophene rings is 1. The SMILES string of the molecule is CCCCCNC(=O)CN1C(=O)CSC(c2ccsc2)c2c(-c3ccccc3)nn(-c3ccc(OC)cc3)c21. The predicted octanol–water partition coefficient (Wildman–Crippen LogP) is 6.09. The van der Waals surface area contributed by atoms with Crippen molar-refractivity contribution in [1.82, 2.24) is 15.1 Å². The Morgan fingerprint density at radius 2 is 1.90 bits per heavy atom. The van der Waals surface area contributed by atoms with Gasteiger partial charge in [0.1, 0.15) is 18.1 Å². The smallest absolute Gasteiger partial charge is 0.240 e. The van der Waals surface area contributed by atoms with Crippen LogP contribution in [-0.4, -0.2) is 47.5 Å². The normalized spacial score (nSPS) is 15.1. The number of thioether (sulfide) groups is 1. The molecule has 1 N–H and O–H groups in total. The quantitative estimate of drug-likeness (QED) is 0.238. The van der Waals surface area contributed by atoms with Gasteiger partial charge in [0.2, 0.25) is 11.8 Å². The van der Waals surface area contributed by atoms with E-state index in [9.17, 15) is 9.59 Å². The first kappa shape index (κ1) is 27.0. The summed E-state index contributed by atoms with van der Waals surface area (Å²) in [4.78, 5) is 28.4. The minimum atomic E-state index is -0.173. The van der Waals surface area contributed by atoms with E-state index in [2.05, 4.69) is 29.1 Å². The van der Waals surface area contributed by atoms with Gasteiger partial charge in [0.15, 0.2) is 0 Å². The molecule has 0 bridgehead atoms. The summed E-state index contributed by atoms with van der Waals surface area (Å²) >= 11 is 3.21. The second kappa shape index (κ2) is 12.5. The van der Waals surface area contributed by atoms with Crippen molar-refractivity contribution in [2.75, 3.05) is 30.9 Å². The van der Waals surface area contributed by atoms with E-state index in [1.807, 2.05) is 59.3 Å². The van der Waals surface area contributed by atoms with Gasteiger partial charge in [0.05, 0.1) is 29.5 Å². The van der Waals surface area contributed by atoms with Gasteiger partial charge in [-0.05, 0) is 53.1 Å². The number of rotatable bonds is 10. The number of ether oxygens (including phenoxy) is 1. The lowest BCUT2D eigenvalue weighted by atomic mass is 10.0. The Bertz CT molecular complexity index is 1400. The first-order chi connectivity index (χ1) is 19.1. The molecule has 2 amide bonds. The van der Waals surface area contributed by atoms with Crippen molar-refractivity contribution in [3.63, 3.8) is 0 Å². The highest BCUT2D eigenvalue weighted by atomic mass is 32.2. The van der Waals surface area contributed by atoms with Crippen LogP contribution in [0.25, 0.3) is 16.9 Å². The van der Waals surface area contributed by atoms with Crippen molar-refractivity contribution < 1.29 is 14.3 Å². The molecule has 0 saturated carbocycles. The Balaban J connectivity index is 1.68. The van der Waals surface area contributed by atoms with Crippen molar-refractivity contribution >= 4 is 40.7 Å². The van der Waals surface area contributed by atoms with E-state index < -0.39 is 0 Å². The van der Waals surface area contributed by atoms with Gasteiger partial charge in [0.25, 0.3) is 0 Å². The Kier molecular flexibility index (Phi) is 8.68. The van der Waals surface area contributed by atoms with Crippen molar-refractivity contribution in [1.29, 1.82) is 0 Å². The summed E-state index contributed by atoms with van der Waals surface area (Å²) in [6.07, 6.45) is 3.05. The zero-order chi connectivity index (χ0) is 27.2. The van der Waals surface area contributed by atoms with Gasteiger partial charge in [-0.15, -0.1) is 11.8 Å². The van der Waals surface area contributed by atoms with Crippen LogP contribution in [0.4, 0.5) is 5.82 Å². The molecule has 0 saturated heterocycles. The number of benzene rings is 2. The van der Waals surface area contributed by atoms with Gasteiger partial charge in [0, 0.05) is 17.7 Å². The molecule has 3 heterocycles. The van der Waals surface area contributed by atoms with Crippen LogP contribution in [-0.2, 0) is 9.59 Å². The number of nitrogens with one attached hydrogen (secondary N) is 1. The Morgan fingerprint density at radius 3 is 2.59 bits per heavy atom. The number of fused-ring (bicyclic) bond motifs is 1. The lowest BCUT2D eigenvalue weighted by Gasteiger charge is -2.23. The van der Waals surface area contributed by atoms with E-state index in [1.54, 1.807) is 35.1 Å². The summed E-state index contributed by atoms with van der Waals surface area (Å²) in [6.45, 7) is 2.66. The zero-order valence-corrected chi connectivity index (χ0v) is 23.8. The molecular weight excluding hydrogens is 528 g/mol. The van der Waals surface area contributed by atoms with E-state index in [0.29, 0.717) is 12.4 Å². The van der Waals surface area contributed by atoms with Crippen LogP contribution < -0.4 is 15.0 Å². The minimum Gasteiger partial charge on any atom is -0.497 e. The van der Waals surface area contributed by atoms with Crippen LogP contribution in [0.15, 0.2) is 71.4 Å². The molecule has 0 spiro atoms. The lowest BCUT2D eigenvalue weighted by Crippen LogP contribution is -2.42. The summed E-state index contributed by atoms with van der Waals surface area (Å²) in [7, 11) is 1.63. The molecule has 2 aromatic heterocycles. The first-order valence-electron chi connectivity index (χ1n) is 13.1. The van der Waals surface area contributed by atoms with Crippen LogP contribution in [0, 0.1) is 0 Å². The molecule has 1 atom stereocenters. The largest absolute Gasteiger partial charge is 0.497 e. The third-order valence-electron chi connectivity index (χ3n) is 6.70. The number of amides is 2. The Morgan fingerprint density at radius 1 is 1.10 bits per heavy atom. The summed E-state index contributed by atoms with van der Waals surface area (Å²) in [5.41, 5.74) is 4.60. The molecule has 2 aromatic carbocycles. The summed E-state index contributed by atoms with van der Waals surface area (Å²) in [6, 6.07) is 19.7. The molecule has 7 nitrogen and oxygen atoms in total. The summed E-state index contributed by atoms with van der Waals surface area (Å²) in [5, 5.41) is 12.2. The van der Waals surface area contributed by atoms with Gasteiger partial charge < -0.3 is 10.1 Å². The fourth-order valence-electron chi connectivity index (χ4n) is 4.72. The van der Waals surface area contributed by atoms with E-state index in [1.165, 1.54) is 0 Å². The number of methoxy groups -OCH3 is 1. The molecule has 0 fully saturated rings. The molecule has 0 radical (unpaired) electrons. The Labute approximate surface area is 237 Å². The first-order valence-corrected chi connectivity index (χ1v) is 15.1. The summed E-state index contributed by atoms with van der Waals surface area (Å²) < 4.78 is 7.18. The summed E-state index contributed by atoms with van der Waals surface area (Å²) in [5.74, 6) is 1.33. The third kappa shape index (κ3) is 5.89. The second-order valence-electron chi connectivity index (χ2n) is 9.35. The zero-order valence-electron chi connectivity index (χ0n) is 22.1. The fourth-order valence-corrected chi connectivity index (χ4v) is 6.68. The highest BCUT2D eigenvalue weighted by Crippen LogP contribution is 2.48. The van der Waals surface area contributed by atoms with Gasteiger partial charge in [-0.25, -0.2) is 4.68 Å². The van der Waals surface area contributed by atoms with E-state index in [4.69, 9.17) is 9.84 Å². The molecule has 1 aliphatic rings. The molecule has 1 aliphatic heterocycles. The number of carbonyl (C=O) groups is 2. The van der Waals surface area contributed by atoms with Crippen LogP contribution in [0.1, 0.15) is 42.6 Å². The third-order valence-corrected chi connectivity index (χ3v) is 8.66. The average Bonchev–Trinajstić information content (AvgIpc) is 3.61. The fraction of sp³-hybridized carbons (Fsp3) is 0.300. The van der Waals surface area contributed by atoms with Gasteiger partial charge >= 0.3 is 0 Å². The topological polar surface area (TPSA) is 76.5 Å². The number of unbranched alkanes of at least 4 members (excludes halogenated alkanes) is 2. The highest BCUT2D eigenvalue weighted by Gasteiger charge is 2.37. The number of nitrogens with zero attached hydrogens (tertiary/aromatic N) is 3. The van der Waals surface area contributed by atoms with Crippen molar-refractivity contribution in [2.45, 2.75) is 31.4 Å². The maximum absolute atomic E-state index is 13.7. The van der Waals surface area contributed by atoms with Crippen molar-refractivity contribution in [3.05, 3.63) is 82.6 Å². The second-order valence-corrected chi connectivity index (χ2v) is 11.2. The number of carbonyl (C=O) groups excluding carboxylic acids is 2. The predicted molar refractivity (Wildman–Crippen MR) is 159 cm³/mol. The molecule has 202 valence electrons. The van der Waals surface area contributed by atoms with Gasteiger partial charge in [-0.1, -0.05) is 50.1 Å². The monoisotopic (exact) mass is 560 g/mol. The standard InChI is InChI=1S/C30H32N4O3S2/c1-3-4-8-16-31-25(35)18-33-26(36)20-39-29(22-15-17-38-19-22)27-28(21-9-6-5-7-10-21)32-34(30(27)33)23-11-13-24(37-2)14-12-23/h5-7,9-15,17,19,29H,3-4,8,16,18,20H2,1-2H3,(H,31,35). The molecule has 5 rings (SSSR count).